The van der Waals surface area contributed by atoms with Crippen LogP contribution in [-0.4, -0.2) is 38.6 Å². The molecule has 3 rings (SSSR count). The van der Waals surface area contributed by atoms with Crippen LogP contribution in [0.5, 0.6) is 0 Å². The van der Waals surface area contributed by atoms with Gasteiger partial charge >= 0.3 is 0 Å². The number of pyridine rings is 1. The minimum atomic E-state index is -0.654. The van der Waals surface area contributed by atoms with Gasteiger partial charge in [0.05, 0.1) is 12.7 Å². The standard InChI is InChI=1S/C12H15N3O3/c13-8-1-3-14-12-7(8)2-4-15(12)11-5-9(17)10(6-16)18-11/h1-4,9-11,16-17H,5-6H2,(H2,13,14)/t9-,10+,11+/m0/s1. The molecule has 6 heteroatoms. The normalized spacial score (nSPS) is 28.0. The molecule has 18 heavy (non-hydrogen) atoms. The molecular weight excluding hydrogens is 234 g/mol. The number of nitrogens with zero attached hydrogens (tertiary/aromatic N) is 2. The average Bonchev–Trinajstić information content (AvgIpc) is 2.93. The third-order valence-corrected chi connectivity index (χ3v) is 3.34. The van der Waals surface area contributed by atoms with Gasteiger partial charge in [0, 0.05) is 29.9 Å². The summed E-state index contributed by atoms with van der Waals surface area (Å²) in [6, 6.07) is 3.62. The number of nitrogen functional groups attached to an aromatic ring is 1. The van der Waals surface area contributed by atoms with Crippen molar-refractivity contribution in [3.05, 3.63) is 24.5 Å². The zero-order valence-electron chi connectivity index (χ0n) is 9.73. The Morgan fingerprint density at radius 3 is 3.06 bits per heavy atom. The molecule has 0 saturated carbocycles. The van der Waals surface area contributed by atoms with Crippen molar-refractivity contribution in [1.82, 2.24) is 9.55 Å². The molecule has 0 unspecified atom stereocenters. The maximum atomic E-state index is 9.74. The Balaban J connectivity index is 1.99. The summed E-state index contributed by atoms with van der Waals surface area (Å²) in [7, 11) is 0. The molecule has 1 saturated heterocycles. The summed E-state index contributed by atoms with van der Waals surface area (Å²) in [5.74, 6) is 0. The fourth-order valence-corrected chi connectivity index (χ4v) is 2.36. The SMILES string of the molecule is Nc1ccnc2c1ccn2[C@H]1C[C@H](O)[C@@H](CO)O1. The highest BCUT2D eigenvalue weighted by Gasteiger charge is 2.34. The summed E-state index contributed by atoms with van der Waals surface area (Å²) in [5.41, 5.74) is 7.26. The average molecular weight is 249 g/mol. The summed E-state index contributed by atoms with van der Waals surface area (Å²) in [4.78, 5) is 4.28. The predicted octanol–water partition coefficient (Wildman–Crippen LogP) is 0.259. The Labute approximate surface area is 104 Å². The number of aliphatic hydroxyl groups is 2. The number of nitrogens with two attached hydrogens (primary N) is 1. The summed E-state index contributed by atoms with van der Waals surface area (Å²) in [6.45, 7) is -0.188. The van der Waals surface area contributed by atoms with Gasteiger partial charge in [0.1, 0.15) is 18.0 Å². The van der Waals surface area contributed by atoms with Gasteiger partial charge in [0.15, 0.2) is 0 Å². The van der Waals surface area contributed by atoms with Gasteiger partial charge in [-0.25, -0.2) is 4.98 Å². The first-order valence-electron chi connectivity index (χ1n) is 5.86. The quantitative estimate of drug-likeness (QED) is 0.709. The lowest BCUT2D eigenvalue weighted by molar-refractivity contribution is -0.0430. The molecule has 0 aliphatic carbocycles. The van der Waals surface area contributed by atoms with E-state index in [9.17, 15) is 5.11 Å². The largest absolute Gasteiger partial charge is 0.398 e. The number of rotatable bonds is 2. The van der Waals surface area contributed by atoms with Crippen molar-refractivity contribution in [2.45, 2.75) is 24.9 Å². The smallest absolute Gasteiger partial charge is 0.144 e. The summed E-state index contributed by atoms with van der Waals surface area (Å²) < 4.78 is 7.44. The molecule has 4 N–H and O–H groups in total. The zero-order valence-corrected chi connectivity index (χ0v) is 9.73. The maximum Gasteiger partial charge on any atom is 0.144 e. The van der Waals surface area contributed by atoms with Crippen LogP contribution >= 0.6 is 0 Å². The Hall–Kier alpha value is -1.63. The molecule has 0 radical (unpaired) electrons. The van der Waals surface area contributed by atoms with Crippen LogP contribution in [0.25, 0.3) is 11.0 Å². The van der Waals surface area contributed by atoms with Crippen molar-refractivity contribution in [2.75, 3.05) is 12.3 Å². The van der Waals surface area contributed by atoms with E-state index in [0.717, 1.165) is 11.0 Å². The minimum absolute atomic E-state index is 0.188. The summed E-state index contributed by atoms with van der Waals surface area (Å²) in [5, 5.41) is 19.7. The van der Waals surface area contributed by atoms with Crippen LogP contribution in [0.2, 0.25) is 0 Å². The highest BCUT2D eigenvalue weighted by atomic mass is 16.5. The second-order valence-corrected chi connectivity index (χ2v) is 4.48. The Kier molecular flexibility index (Phi) is 2.70. The van der Waals surface area contributed by atoms with Gasteiger partial charge in [-0.05, 0) is 12.1 Å². The number of aromatic nitrogens is 2. The molecule has 96 valence electrons. The number of hydrogen-bond donors (Lipinski definition) is 3. The second-order valence-electron chi connectivity index (χ2n) is 4.48. The van der Waals surface area contributed by atoms with Crippen molar-refractivity contribution in [3.63, 3.8) is 0 Å². The Morgan fingerprint density at radius 1 is 1.50 bits per heavy atom. The molecule has 6 nitrogen and oxygen atoms in total. The monoisotopic (exact) mass is 249 g/mol. The van der Waals surface area contributed by atoms with E-state index in [1.54, 1.807) is 12.3 Å². The van der Waals surface area contributed by atoms with Gasteiger partial charge < -0.3 is 25.3 Å². The van der Waals surface area contributed by atoms with Crippen LogP contribution < -0.4 is 5.73 Å². The van der Waals surface area contributed by atoms with Crippen LogP contribution in [0.1, 0.15) is 12.6 Å². The van der Waals surface area contributed by atoms with Crippen LogP contribution in [0.3, 0.4) is 0 Å². The summed E-state index contributed by atoms with van der Waals surface area (Å²) in [6.07, 6.45) is 2.41. The molecule has 1 aliphatic rings. The molecule has 1 fully saturated rings. The molecule has 0 bridgehead atoms. The molecule has 3 heterocycles. The predicted molar refractivity (Wildman–Crippen MR) is 65.8 cm³/mol. The van der Waals surface area contributed by atoms with E-state index in [2.05, 4.69) is 4.98 Å². The third-order valence-electron chi connectivity index (χ3n) is 3.34. The third kappa shape index (κ3) is 1.66. The van der Waals surface area contributed by atoms with Gasteiger partial charge in [-0.2, -0.15) is 0 Å². The first-order valence-corrected chi connectivity index (χ1v) is 5.86. The Bertz CT molecular complexity index is 569. The molecule has 0 aromatic carbocycles. The zero-order chi connectivity index (χ0) is 12.7. The first kappa shape index (κ1) is 11.5. The van der Waals surface area contributed by atoms with Gasteiger partial charge in [-0.1, -0.05) is 0 Å². The van der Waals surface area contributed by atoms with Gasteiger partial charge in [0.25, 0.3) is 0 Å². The molecule has 2 aromatic heterocycles. The highest BCUT2D eigenvalue weighted by Crippen LogP contribution is 2.32. The van der Waals surface area contributed by atoms with E-state index in [4.69, 9.17) is 15.6 Å². The molecule has 1 aliphatic heterocycles. The number of ether oxygens (including phenoxy) is 1. The van der Waals surface area contributed by atoms with Crippen molar-refractivity contribution in [3.8, 4) is 0 Å². The Morgan fingerprint density at radius 2 is 2.33 bits per heavy atom. The van der Waals surface area contributed by atoms with Gasteiger partial charge in [-0.15, -0.1) is 0 Å². The lowest BCUT2D eigenvalue weighted by atomic mass is 10.2. The fraction of sp³-hybridized carbons (Fsp3) is 0.417. The topological polar surface area (TPSA) is 93.5 Å². The molecule has 2 aromatic rings. The van der Waals surface area contributed by atoms with Crippen molar-refractivity contribution < 1.29 is 14.9 Å². The van der Waals surface area contributed by atoms with Crippen LogP contribution in [-0.2, 0) is 4.74 Å². The number of anilines is 1. The number of hydrogen-bond acceptors (Lipinski definition) is 5. The van der Waals surface area contributed by atoms with E-state index in [1.165, 1.54) is 0 Å². The molecule has 0 spiro atoms. The van der Waals surface area contributed by atoms with E-state index >= 15 is 0 Å². The molecule has 3 atom stereocenters. The number of fused-ring (bicyclic) bond motifs is 1. The lowest BCUT2D eigenvalue weighted by Gasteiger charge is -2.14. The van der Waals surface area contributed by atoms with E-state index in [-0.39, 0.29) is 12.8 Å². The number of aliphatic hydroxyl groups excluding tert-OH is 2. The maximum absolute atomic E-state index is 9.74. The fourth-order valence-electron chi connectivity index (χ4n) is 2.36. The summed E-state index contributed by atoms with van der Waals surface area (Å²) >= 11 is 0. The van der Waals surface area contributed by atoms with E-state index in [1.807, 2.05) is 16.8 Å². The minimum Gasteiger partial charge on any atom is -0.398 e. The van der Waals surface area contributed by atoms with Crippen LogP contribution in [0.4, 0.5) is 5.69 Å². The molecule has 0 amide bonds. The van der Waals surface area contributed by atoms with Crippen LogP contribution in [0, 0.1) is 0 Å². The van der Waals surface area contributed by atoms with Crippen molar-refractivity contribution >= 4 is 16.7 Å². The van der Waals surface area contributed by atoms with Crippen molar-refractivity contribution in [2.24, 2.45) is 0 Å². The first-order chi connectivity index (χ1) is 8.70. The van der Waals surface area contributed by atoms with E-state index < -0.39 is 12.2 Å². The highest BCUT2D eigenvalue weighted by molar-refractivity contribution is 5.88. The van der Waals surface area contributed by atoms with Gasteiger partial charge in [-0.3, -0.25) is 0 Å². The second kappa shape index (κ2) is 4.24. The van der Waals surface area contributed by atoms with E-state index in [0.29, 0.717) is 12.1 Å². The van der Waals surface area contributed by atoms with Crippen LogP contribution in [0.15, 0.2) is 24.5 Å². The molecular formula is C12H15N3O3. The lowest BCUT2D eigenvalue weighted by Crippen LogP contribution is -2.24. The van der Waals surface area contributed by atoms with Gasteiger partial charge in [0.2, 0.25) is 0 Å². The van der Waals surface area contributed by atoms with Crippen molar-refractivity contribution in [1.29, 1.82) is 0 Å².